The van der Waals surface area contributed by atoms with Gasteiger partial charge in [0.2, 0.25) is 0 Å². The van der Waals surface area contributed by atoms with Crippen molar-refractivity contribution in [1.29, 1.82) is 0 Å². The molecule has 1 atom stereocenters. The van der Waals surface area contributed by atoms with E-state index in [0.717, 1.165) is 41.9 Å². The molecule has 0 saturated heterocycles. The van der Waals surface area contributed by atoms with Crippen molar-refractivity contribution in [2.45, 2.75) is 52.5 Å². The first kappa shape index (κ1) is 15.2. The van der Waals surface area contributed by atoms with E-state index >= 15 is 0 Å². The van der Waals surface area contributed by atoms with Gasteiger partial charge < -0.3 is 10.6 Å². The zero-order valence-corrected chi connectivity index (χ0v) is 13.0. The quantitative estimate of drug-likeness (QED) is 0.760. The van der Waals surface area contributed by atoms with Crippen LogP contribution in [0.5, 0.6) is 0 Å². The SMILES string of the molecule is CCCNc1ncnc(NC(CC)CCC)c1Br. The lowest BCUT2D eigenvalue weighted by molar-refractivity contribution is 0.620. The first-order valence-electron chi connectivity index (χ1n) is 6.73. The Bertz CT molecular complexity index is 357. The van der Waals surface area contributed by atoms with Gasteiger partial charge >= 0.3 is 0 Å². The summed E-state index contributed by atoms with van der Waals surface area (Å²) in [6.07, 6.45) is 6.11. The van der Waals surface area contributed by atoms with Crippen LogP contribution in [0.25, 0.3) is 0 Å². The van der Waals surface area contributed by atoms with E-state index in [2.05, 4.69) is 57.3 Å². The van der Waals surface area contributed by atoms with Crippen LogP contribution in [0.15, 0.2) is 10.8 Å². The molecule has 102 valence electrons. The maximum absolute atomic E-state index is 4.31. The highest BCUT2D eigenvalue weighted by Gasteiger charge is 2.11. The van der Waals surface area contributed by atoms with Gasteiger partial charge in [-0.2, -0.15) is 0 Å². The molecular weight excluding hydrogens is 292 g/mol. The second-order valence-corrected chi connectivity index (χ2v) is 5.14. The van der Waals surface area contributed by atoms with Gasteiger partial charge in [-0.3, -0.25) is 0 Å². The normalized spacial score (nSPS) is 12.2. The Kier molecular flexibility index (Phi) is 7.01. The Morgan fingerprint density at radius 3 is 2.50 bits per heavy atom. The van der Waals surface area contributed by atoms with Crippen molar-refractivity contribution in [3.63, 3.8) is 0 Å². The van der Waals surface area contributed by atoms with E-state index in [4.69, 9.17) is 0 Å². The molecule has 0 bridgehead atoms. The average molecular weight is 315 g/mol. The largest absolute Gasteiger partial charge is 0.369 e. The van der Waals surface area contributed by atoms with Crippen LogP contribution in [-0.2, 0) is 0 Å². The lowest BCUT2D eigenvalue weighted by atomic mass is 10.1. The number of nitrogens with zero attached hydrogens (tertiary/aromatic N) is 2. The predicted molar refractivity (Wildman–Crippen MR) is 81.1 cm³/mol. The molecule has 0 radical (unpaired) electrons. The number of rotatable bonds is 8. The highest BCUT2D eigenvalue weighted by Crippen LogP contribution is 2.27. The molecule has 18 heavy (non-hydrogen) atoms. The molecule has 0 saturated carbocycles. The minimum atomic E-state index is 0.472. The Labute approximate surface area is 118 Å². The van der Waals surface area contributed by atoms with Gasteiger partial charge in [-0.05, 0) is 35.2 Å². The van der Waals surface area contributed by atoms with E-state index < -0.39 is 0 Å². The highest BCUT2D eigenvalue weighted by atomic mass is 79.9. The molecule has 0 aliphatic rings. The van der Waals surface area contributed by atoms with Crippen molar-refractivity contribution in [1.82, 2.24) is 9.97 Å². The van der Waals surface area contributed by atoms with Crippen molar-refractivity contribution in [3.05, 3.63) is 10.8 Å². The highest BCUT2D eigenvalue weighted by molar-refractivity contribution is 9.10. The monoisotopic (exact) mass is 314 g/mol. The van der Waals surface area contributed by atoms with Crippen molar-refractivity contribution < 1.29 is 0 Å². The Hall–Kier alpha value is -0.840. The lowest BCUT2D eigenvalue weighted by Crippen LogP contribution is -2.19. The van der Waals surface area contributed by atoms with Crippen LogP contribution in [0.1, 0.15) is 46.5 Å². The van der Waals surface area contributed by atoms with Crippen molar-refractivity contribution >= 4 is 27.6 Å². The number of nitrogens with one attached hydrogen (secondary N) is 2. The lowest BCUT2D eigenvalue weighted by Gasteiger charge is -2.18. The molecule has 1 unspecified atom stereocenters. The van der Waals surface area contributed by atoms with Crippen LogP contribution < -0.4 is 10.6 Å². The van der Waals surface area contributed by atoms with Gasteiger partial charge in [0.15, 0.2) is 0 Å². The third-order valence-corrected chi connectivity index (χ3v) is 3.55. The molecule has 0 aliphatic carbocycles. The first-order valence-corrected chi connectivity index (χ1v) is 7.53. The van der Waals surface area contributed by atoms with E-state index in [9.17, 15) is 0 Å². The number of aromatic nitrogens is 2. The molecule has 5 heteroatoms. The number of hydrogen-bond donors (Lipinski definition) is 2. The zero-order chi connectivity index (χ0) is 13.4. The average Bonchev–Trinajstić information content (AvgIpc) is 2.39. The number of anilines is 2. The van der Waals surface area contributed by atoms with E-state index in [1.54, 1.807) is 6.33 Å². The van der Waals surface area contributed by atoms with Gasteiger partial charge in [0.05, 0.1) is 0 Å². The van der Waals surface area contributed by atoms with E-state index in [1.165, 1.54) is 6.42 Å². The summed E-state index contributed by atoms with van der Waals surface area (Å²) in [5.41, 5.74) is 0. The summed E-state index contributed by atoms with van der Waals surface area (Å²) in [4.78, 5) is 8.55. The van der Waals surface area contributed by atoms with Gasteiger partial charge in [0, 0.05) is 12.6 Å². The topological polar surface area (TPSA) is 49.8 Å². The molecule has 0 spiro atoms. The number of halogens is 1. The summed E-state index contributed by atoms with van der Waals surface area (Å²) >= 11 is 3.57. The Balaban J connectivity index is 2.75. The number of hydrogen-bond acceptors (Lipinski definition) is 4. The van der Waals surface area contributed by atoms with Crippen LogP contribution in [0.2, 0.25) is 0 Å². The van der Waals surface area contributed by atoms with Gasteiger partial charge in [-0.1, -0.05) is 27.2 Å². The summed E-state index contributed by atoms with van der Waals surface area (Å²) in [6, 6.07) is 0.472. The van der Waals surface area contributed by atoms with Crippen LogP contribution >= 0.6 is 15.9 Å². The summed E-state index contributed by atoms with van der Waals surface area (Å²) in [7, 11) is 0. The molecule has 4 nitrogen and oxygen atoms in total. The van der Waals surface area contributed by atoms with Crippen LogP contribution in [0.4, 0.5) is 11.6 Å². The fourth-order valence-corrected chi connectivity index (χ4v) is 2.22. The van der Waals surface area contributed by atoms with Crippen molar-refractivity contribution in [3.8, 4) is 0 Å². The molecule has 0 aromatic carbocycles. The molecule has 0 fully saturated rings. The first-order chi connectivity index (χ1) is 8.72. The molecule has 0 aliphatic heterocycles. The second-order valence-electron chi connectivity index (χ2n) is 4.35. The smallest absolute Gasteiger partial charge is 0.146 e. The van der Waals surface area contributed by atoms with Gasteiger partial charge in [-0.25, -0.2) is 9.97 Å². The van der Waals surface area contributed by atoms with Gasteiger partial charge in [0.25, 0.3) is 0 Å². The summed E-state index contributed by atoms with van der Waals surface area (Å²) in [6.45, 7) is 7.45. The Morgan fingerprint density at radius 2 is 1.89 bits per heavy atom. The van der Waals surface area contributed by atoms with E-state index in [0.29, 0.717) is 6.04 Å². The van der Waals surface area contributed by atoms with Crippen LogP contribution in [-0.4, -0.2) is 22.6 Å². The molecule has 1 heterocycles. The van der Waals surface area contributed by atoms with Gasteiger partial charge in [0.1, 0.15) is 22.4 Å². The molecule has 1 aromatic rings. The van der Waals surface area contributed by atoms with Gasteiger partial charge in [-0.15, -0.1) is 0 Å². The third kappa shape index (κ3) is 4.44. The second kappa shape index (κ2) is 8.29. The maximum atomic E-state index is 4.31. The summed E-state index contributed by atoms with van der Waals surface area (Å²) in [5.74, 6) is 1.74. The third-order valence-electron chi connectivity index (χ3n) is 2.80. The molecule has 2 N–H and O–H groups in total. The minimum absolute atomic E-state index is 0.472. The Morgan fingerprint density at radius 1 is 1.17 bits per heavy atom. The van der Waals surface area contributed by atoms with Crippen LogP contribution in [0.3, 0.4) is 0 Å². The van der Waals surface area contributed by atoms with E-state index in [-0.39, 0.29) is 0 Å². The summed E-state index contributed by atoms with van der Waals surface area (Å²) in [5, 5.41) is 6.76. The predicted octanol–water partition coefficient (Wildman–Crippen LogP) is 4.05. The molecule has 0 amide bonds. The van der Waals surface area contributed by atoms with E-state index in [1.807, 2.05) is 0 Å². The van der Waals surface area contributed by atoms with Crippen molar-refractivity contribution in [2.24, 2.45) is 0 Å². The molecule has 1 aromatic heterocycles. The zero-order valence-electron chi connectivity index (χ0n) is 11.5. The standard InChI is InChI=1S/C13H23BrN4/c1-4-7-10(6-3)18-13-11(14)12(15-8-5-2)16-9-17-13/h9-10H,4-8H2,1-3H3,(H2,15,16,17,18). The summed E-state index contributed by atoms with van der Waals surface area (Å²) < 4.78 is 0.924. The molecule has 1 rings (SSSR count). The minimum Gasteiger partial charge on any atom is -0.369 e. The van der Waals surface area contributed by atoms with Crippen LogP contribution in [0, 0.1) is 0 Å². The fourth-order valence-electron chi connectivity index (χ4n) is 1.76. The maximum Gasteiger partial charge on any atom is 0.146 e. The fraction of sp³-hybridized carbons (Fsp3) is 0.692. The van der Waals surface area contributed by atoms with Crippen molar-refractivity contribution in [2.75, 3.05) is 17.2 Å². The molecular formula is C13H23BrN4.